The number of hydrogen-bond donors (Lipinski definition) is 1. The fourth-order valence-electron chi connectivity index (χ4n) is 3.34. The van der Waals surface area contributed by atoms with E-state index in [4.69, 9.17) is 4.74 Å². The SMILES string of the molecule is CN1CCO[C@@H]2CN(C(=O)NCc3cccc(F)c3)CC[C@@H]2C1. The Bertz CT molecular complexity index is 554. The molecule has 0 aromatic heterocycles. The van der Waals surface area contributed by atoms with E-state index in [0.717, 1.165) is 38.2 Å². The number of nitrogens with zero attached hydrogens (tertiary/aromatic N) is 2. The minimum absolute atomic E-state index is 0.103. The third-order valence-electron chi connectivity index (χ3n) is 4.67. The summed E-state index contributed by atoms with van der Waals surface area (Å²) in [6, 6.07) is 6.19. The van der Waals surface area contributed by atoms with Crippen LogP contribution in [-0.2, 0) is 11.3 Å². The molecule has 1 N–H and O–H groups in total. The molecule has 0 unspecified atom stereocenters. The maximum atomic E-state index is 13.2. The van der Waals surface area contributed by atoms with Crippen LogP contribution in [0, 0.1) is 11.7 Å². The molecule has 1 aromatic carbocycles. The Hall–Kier alpha value is -1.66. The third-order valence-corrected chi connectivity index (χ3v) is 4.67. The first-order valence-corrected chi connectivity index (χ1v) is 8.19. The minimum atomic E-state index is -0.284. The van der Waals surface area contributed by atoms with E-state index < -0.39 is 0 Å². The lowest BCUT2D eigenvalue weighted by Crippen LogP contribution is -2.51. The van der Waals surface area contributed by atoms with Crippen LogP contribution >= 0.6 is 0 Å². The smallest absolute Gasteiger partial charge is 0.317 e. The van der Waals surface area contributed by atoms with Gasteiger partial charge in [-0.15, -0.1) is 0 Å². The quantitative estimate of drug-likeness (QED) is 0.901. The Labute approximate surface area is 136 Å². The number of fused-ring (bicyclic) bond motifs is 1. The molecule has 0 aliphatic carbocycles. The number of piperidine rings is 1. The molecule has 23 heavy (non-hydrogen) atoms. The molecule has 0 radical (unpaired) electrons. The van der Waals surface area contributed by atoms with Gasteiger partial charge < -0.3 is 19.9 Å². The average Bonchev–Trinajstić information content (AvgIpc) is 2.72. The second-order valence-electron chi connectivity index (χ2n) is 6.45. The summed E-state index contributed by atoms with van der Waals surface area (Å²) in [5.41, 5.74) is 0.764. The summed E-state index contributed by atoms with van der Waals surface area (Å²) in [6.07, 6.45) is 1.08. The second kappa shape index (κ2) is 7.27. The van der Waals surface area contributed by atoms with Crippen molar-refractivity contribution in [1.29, 1.82) is 0 Å². The zero-order valence-corrected chi connectivity index (χ0v) is 13.5. The van der Waals surface area contributed by atoms with Crippen LogP contribution in [0.3, 0.4) is 0 Å². The topological polar surface area (TPSA) is 44.8 Å². The van der Waals surface area contributed by atoms with Crippen molar-refractivity contribution in [3.63, 3.8) is 0 Å². The summed E-state index contributed by atoms with van der Waals surface area (Å²) in [7, 11) is 2.11. The fourth-order valence-corrected chi connectivity index (χ4v) is 3.34. The molecule has 2 fully saturated rings. The van der Waals surface area contributed by atoms with Gasteiger partial charge in [0.15, 0.2) is 0 Å². The monoisotopic (exact) mass is 321 g/mol. The number of halogens is 1. The van der Waals surface area contributed by atoms with Crippen LogP contribution in [0.15, 0.2) is 24.3 Å². The van der Waals surface area contributed by atoms with E-state index in [1.54, 1.807) is 12.1 Å². The Balaban J connectivity index is 1.52. The molecule has 6 heteroatoms. The molecule has 0 spiro atoms. The van der Waals surface area contributed by atoms with E-state index in [9.17, 15) is 9.18 Å². The first kappa shape index (κ1) is 16.2. The van der Waals surface area contributed by atoms with Gasteiger partial charge in [0.2, 0.25) is 0 Å². The molecule has 2 heterocycles. The van der Waals surface area contributed by atoms with Crippen LogP contribution in [0.2, 0.25) is 0 Å². The highest BCUT2D eigenvalue weighted by Gasteiger charge is 2.34. The van der Waals surface area contributed by atoms with Gasteiger partial charge in [-0.1, -0.05) is 12.1 Å². The zero-order valence-electron chi connectivity index (χ0n) is 13.5. The Morgan fingerprint density at radius 2 is 2.26 bits per heavy atom. The van der Waals surface area contributed by atoms with Crippen LogP contribution < -0.4 is 5.32 Å². The summed E-state index contributed by atoms with van der Waals surface area (Å²) < 4.78 is 19.1. The number of amides is 2. The number of rotatable bonds is 2. The van der Waals surface area contributed by atoms with Crippen LogP contribution in [0.1, 0.15) is 12.0 Å². The molecule has 1 aromatic rings. The highest BCUT2D eigenvalue weighted by atomic mass is 19.1. The van der Waals surface area contributed by atoms with Gasteiger partial charge in [-0.25, -0.2) is 9.18 Å². The van der Waals surface area contributed by atoms with Gasteiger partial charge in [-0.2, -0.15) is 0 Å². The molecule has 2 aliphatic heterocycles. The molecule has 2 atom stereocenters. The first-order chi connectivity index (χ1) is 11.1. The molecule has 2 saturated heterocycles. The van der Waals surface area contributed by atoms with Gasteiger partial charge in [0, 0.05) is 38.6 Å². The molecule has 0 saturated carbocycles. The third kappa shape index (κ3) is 4.20. The van der Waals surface area contributed by atoms with Crippen LogP contribution in [0.5, 0.6) is 0 Å². The van der Waals surface area contributed by atoms with Crippen molar-refractivity contribution < 1.29 is 13.9 Å². The number of ether oxygens (including phenoxy) is 1. The predicted molar refractivity (Wildman–Crippen MR) is 85.6 cm³/mol. The Kier molecular flexibility index (Phi) is 5.13. The van der Waals surface area contributed by atoms with Gasteiger partial charge in [0.05, 0.1) is 12.7 Å². The Morgan fingerprint density at radius 1 is 1.39 bits per heavy atom. The van der Waals surface area contributed by atoms with Crippen molar-refractivity contribution in [2.24, 2.45) is 5.92 Å². The lowest BCUT2D eigenvalue weighted by Gasteiger charge is -2.37. The maximum Gasteiger partial charge on any atom is 0.317 e. The number of likely N-dealkylation sites (tertiary alicyclic amines) is 1. The number of hydrogen-bond acceptors (Lipinski definition) is 3. The predicted octanol–water partition coefficient (Wildman–Crippen LogP) is 1.69. The molecule has 2 aliphatic rings. The summed E-state index contributed by atoms with van der Waals surface area (Å²) in [4.78, 5) is 16.4. The number of benzene rings is 1. The van der Waals surface area contributed by atoms with Crippen molar-refractivity contribution in [2.45, 2.75) is 19.1 Å². The molecule has 0 bridgehead atoms. The first-order valence-electron chi connectivity index (χ1n) is 8.19. The van der Waals surface area contributed by atoms with E-state index in [-0.39, 0.29) is 18.0 Å². The largest absolute Gasteiger partial charge is 0.375 e. The normalized spacial score (nSPS) is 25.6. The number of urea groups is 1. The van der Waals surface area contributed by atoms with Crippen LogP contribution in [0.25, 0.3) is 0 Å². The second-order valence-corrected chi connectivity index (χ2v) is 6.45. The van der Waals surface area contributed by atoms with Crippen LogP contribution in [-0.4, -0.2) is 61.8 Å². The lowest BCUT2D eigenvalue weighted by molar-refractivity contribution is -0.0111. The number of likely N-dealkylation sites (N-methyl/N-ethyl adjacent to an activating group) is 1. The Morgan fingerprint density at radius 3 is 3.09 bits per heavy atom. The minimum Gasteiger partial charge on any atom is -0.375 e. The molecule has 5 nitrogen and oxygen atoms in total. The van der Waals surface area contributed by atoms with Gasteiger partial charge in [-0.3, -0.25) is 0 Å². The highest BCUT2D eigenvalue weighted by Crippen LogP contribution is 2.23. The van der Waals surface area contributed by atoms with Gasteiger partial charge in [-0.05, 0) is 31.2 Å². The molecule has 2 amide bonds. The summed E-state index contributed by atoms with van der Waals surface area (Å²) in [5, 5.41) is 2.87. The van der Waals surface area contributed by atoms with Crippen molar-refractivity contribution in [2.75, 3.05) is 39.8 Å². The average molecular weight is 321 g/mol. The van der Waals surface area contributed by atoms with E-state index >= 15 is 0 Å². The van der Waals surface area contributed by atoms with Gasteiger partial charge >= 0.3 is 6.03 Å². The van der Waals surface area contributed by atoms with Crippen molar-refractivity contribution in [3.05, 3.63) is 35.6 Å². The number of carbonyl (C=O) groups is 1. The molecule has 126 valence electrons. The molecule has 3 rings (SSSR count). The number of nitrogens with one attached hydrogen (secondary N) is 1. The maximum absolute atomic E-state index is 13.2. The lowest BCUT2D eigenvalue weighted by atomic mass is 9.93. The summed E-state index contributed by atoms with van der Waals surface area (Å²) in [5.74, 6) is 0.211. The van der Waals surface area contributed by atoms with Gasteiger partial charge in [0.25, 0.3) is 0 Å². The summed E-state index contributed by atoms with van der Waals surface area (Å²) >= 11 is 0. The van der Waals surface area contributed by atoms with Crippen molar-refractivity contribution in [1.82, 2.24) is 15.1 Å². The van der Waals surface area contributed by atoms with E-state index in [1.807, 2.05) is 4.90 Å². The summed E-state index contributed by atoms with van der Waals surface area (Å²) in [6.45, 7) is 4.41. The fraction of sp³-hybridized carbons (Fsp3) is 0.588. The molecular weight excluding hydrogens is 297 g/mol. The van der Waals surface area contributed by atoms with E-state index in [1.165, 1.54) is 12.1 Å². The van der Waals surface area contributed by atoms with E-state index in [2.05, 4.69) is 17.3 Å². The highest BCUT2D eigenvalue weighted by molar-refractivity contribution is 5.74. The van der Waals surface area contributed by atoms with Crippen molar-refractivity contribution >= 4 is 6.03 Å². The standard InChI is InChI=1S/C17H24FN3O2/c1-20-7-8-23-16-12-21(6-5-14(16)11-20)17(22)19-10-13-3-2-4-15(18)9-13/h2-4,9,14,16H,5-8,10-12H2,1H3,(H,19,22)/t14-,16-/m1/s1. The van der Waals surface area contributed by atoms with Crippen LogP contribution in [0.4, 0.5) is 9.18 Å². The molecular formula is C17H24FN3O2. The van der Waals surface area contributed by atoms with Gasteiger partial charge in [0.1, 0.15) is 5.82 Å². The van der Waals surface area contributed by atoms with E-state index in [0.29, 0.717) is 19.0 Å². The zero-order chi connectivity index (χ0) is 16.2. The number of carbonyl (C=O) groups excluding carboxylic acids is 1. The van der Waals surface area contributed by atoms with Crippen molar-refractivity contribution in [3.8, 4) is 0 Å².